The summed E-state index contributed by atoms with van der Waals surface area (Å²) >= 11 is 0. The van der Waals surface area contributed by atoms with Gasteiger partial charge in [-0.05, 0) is 31.4 Å². The highest BCUT2D eigenvalue weighted by Crippen LogP contribution is 2.32. The van der Waals surface area contributed by atoms with Gasteiger partial charge in [-0.3, -0.25) is 9.59 Å². The molecule has 1 heterocycles. The molecule has 5 atom stereocenters. The molecular weight excluding hydrogens is 428 g/mol. The summed E-state index contributed by atoms with van der Waals surface area (Å²) in [4.78, 5) is 27.7. The molecule has 2 amide bonds. The zero-order valence-corrected chi connectivity index (χ0v) is 20.1. The number of methoxy groups -OCH3 is 1. The van der Waals surface area contributed by atoms with Crippen LogP contribution in [0.4, 0.5) is 5.69 Å². The fourth-order valence-corrected chi connectivity index (χ4v) is 3.48. The average Bonchev–Trinajstić information content (AvgIpc) is 2.88. The van der Waals surface area contributed by atoms with Crippen LogP contribution in [0, 0.1) is 5.41 Å². The van der Waals surface area contributed by atoms with Gasteiger partial charge in [0.2, 0.25) is 0 Å². The number of carbonyl (C=O) groups excluding carboxylic acids is 2. The van der Waals surface area contributed by atoms with Crippen LogP contribution in [0.25, 0.3) is 0 Å². The van der Waals surface area contributed by atoms with E-state index in [0.717, 1.165) is 0 Å². The number of hydrogen-bond acceptors (Lipinski definition) is 7. The van der Waals surface area contributed by atoms with E-state index in [1.165, 1.54) is 13.2 Å². The first-order valence-corrected chi connectivity index (χ1v) is 11.0. The smallest absolute Gasteiger partial charge is 0.253 e. The van der Waals surface area contributed by atoms with Crippen molar-refractivity contribution < 1.29 is 34.4 Å². The van der Waals surface area contributed by atoms with Crippen molar-refractivity contribution in [3.63, 3.8) is 0 Å². The summed E-state index contributed by atoms with van der Waals surface area (Å²) in [6.07, 6.45) is -3.32. The van der Waals surface area contributed by atoms with E-state index < -0.39 is 36.4 Å². The van der Waals surface area contributed by atoms with Crippen LogP contribution in [0.1, 0.15) is 34.6 Å². The Kier molecular flexibility index (Phi) is 9.02. The van der Waals surface area contributed by atoms with E-state index in [-0.39, 0.29) is 24.0 Å². The van der Waals surface area contributed by atoms with Crippen LogP contribution >= 0.6 is 0 Å². The van der Waals surface area contributed by atoms with Gasteiger partial charge in [0.05, 0.1) is 5.69 Å². The van der Waals surface area contributed by atoms with Crippen molar-refractivity contribution in [2.75, 3.05) is 18.6 Å². The summed E-state index contributed by atoms with van der Waals surface area (Å²) in [5.41, 5.74) is 0.352. The second-order valence-electron chi connectivity index (χ2n) is 9.50. The first kappa shape index (κ1) is 26.8. The summed E-state index contributed by atoms with van der Waals surface area (Å²) in [7, 11) is 1.19. The summed E-state index contributed by atoms with van der Waals surface area (Å²) in [6, 6.07) is 5.85. The first-order chi connectivity index (χ1) is 15.4. The standard InChI is InChI=1S/C24H36N2O7/c1-14(2)26-16-9-7-8-10-18(16)33-13-15(23(26)31)25-22(30)21(32-6)20(29)19(28)17(27)11-12-24(3,4)5/h7-12,14-15,17,19-21,27-29H,13H2,1-6H3,(H,25,30)/b12-11+/t15-,17+,19-,20+,21+/m0/s1. The number of amides is 2. The minimum Gasteiger partial charge on any atom is -0.489 e. The van der Waals surface area contributed by atoms with Crippen molar-refractivity contribution in [2.45, 2.75) is 71.1 Å². The van der Waals surface area contributed by atoms with E-state index in [1.54, 1.807) is 35.2 Å². The van der Waals surface area contributed by atoms with Gasteiger partial charge in [-0.25, -0.2) is 0 Å². The summed E-state index contributed by atoms with van der Waals surface area (Å²) in [5, 5.41) is 33.7. The van der Waals surface area contributed by atoms with Gasteiger partial charge in [0.1, 0.15) is 36.7 Å². The van der Waals surface area contributed by atoms with Crippen LogP contribution in [0.2, 0.25) is 0 Å². The highest BCUT2D eigenvalue weighted by molar-refractivity contribution is 6.01. The molecule has 0 fully saturated rings. The summed E-state index contributed by atoms with van der Waals surface area (Å²) in [6.45, 7) is 9.32. The molecule has 0 unspecified atom stereocenters. The molecule has 4 N–H and O–H groups in total. The molecule has 0 bridgehead atoms. The molecule has 33 heavy (non-hydrogen) atoms. The van der Waals surface area contributed by atoms with E-state index in [1.807, 2.05) is 34.6 Å². The van der Waals surface area contributed by atoms with E-state index in [4.69, 9.17) is 9.47 Å². The molecule has 9 heteroatoms. The normalized spacial score (nSPS) is 20.6. The van der Waals surface area contributed by atoms with Gasteiger partial charge < -0.3 is 35.0 Å². The molecule has 0 aromatic heterocycles. The number of benzene rings is 1. The Morgan fingerprint density at radius 1 is 1.21 bits per heavy atom. The second kappa shape index (κ2) is 11.1. The third kappa shape index (κ3) is 6.77. The second-order valence-corrected chi connectivity index (χ2v) is 9.50. The van der Waals surface area contributed by atoms with E-state index >= 15 is 0 Å². The van der Waals surface area contributed by atoms with E-state index in [2.05, 4.69) is 5.32 Å². The van der Waals surface area contributed by atoms with Crippen LogP contribution < -0.4 is 15.0 Å². The Morgan fingerprint density at radius 2 is 1.85 bits per heavy atom. The van der Waals surface area contributed by atoms with Crippen molar-refractivity contribution >= 4 is 17.5 Å². The SMILES string of the molecule is CO[C@@H](C(=O)N[C@H]1COc2ccccc2N(C(C)C)C1=O)[C@H](O)[C@@H](O)[C@H](O)/C=C/C(C)(C)C. The van der Waals surface area contributed by atoms with Crippen molar-refractivity contribution in [1.82, 2.24) is 5.32 Å². The molecule has 9 nitrogen and oxygen atoms in total. The number of aliphatic hydroxyl groups is 3. The topological polar surface area (TPSA) is 129 Å². The van der Waals surface area contributed by atoms with Gasteiger partial charge in [-0.15, -0.1) is 0 Å². The number of allylic oxidation sites excluding steroid dienone is 1. The van der Waals surface area contributed by atoms with Crippen molar-refractivity contribution in [3.05, 3.63) is 36.4 Å². The molecule has 0 aliphatic carbocycles. The zero-order valence-electron chi connectivity index (χ0n) is 20.1. The lowest BCUT2D eigenvalue weighted by Gasteiger charge is -2.30. The summed E-state index contributed by atoms with van der Waals surface area (Å²) in [5.74, 6) is -0.669. The fraction of sp³-hybridized carbons (Fsp3) is 0.583. The number of aliphatic hydroxyl groups excluding tert-OH is 3. The number of nitrogens with zero attached hydrogens (tertiary/aromatic N) is 1. The number of para-hydroxylation sites is 2. The van der Waals surface area contributed by atoms with Gasteiger partial charge >= 0.3 is 0 Å². The number of ether oxygens (including phenoxy) is 2. The molecule has 1 aromatic carbocycles. The van der Waals surface area contributed by atoms with Crippen LogP contribution in [-0.2, 0) is 14.3 Å². The van der Waals surface area contributed by atoms with E-state index in [0.29, 0.717) is 11.4 Å². The third-order valence-corrected chi connectivity index (χ3v) is 5.21. The maximum atomic E-state index is 13.2. The molecule has 1 aromatic rings. The molecule has 0 radical (unpaired) electrons. The van der Waals surface area contributed by atoms with Crippen LogP contribution in [-0.4, -0.2) is 77.4 Å². The zero-order chi connectivity index (χ0) is 24.9. The molecule has 0 saturated heterocycles. The first-order valence-electron chi connectivity index (χ1n) is 11.0. The molecule has 1 aliphatic heterocycles. The number of nitrogens with one attached hydrogen (secondary N) is 1. The quantitative estimate of drug-likeness (QED) is 0.423. The molecule has 2 rings (SSSR count). The lowest BCUT2D eigenvalue weighted by molar-refractivity contribution is -0.150. The molecular formula is C24H36N2O7. The van der Waals surface area contributed by atoms with Gasteiger partial charge in [-0.1, -0.05) is 45.1 Å². The maximum absolute atomic E-state index is 13.2. The van der Waals surface area contributed by atoms with Crippen LogP contribution in [0.5, 0.6) is 5.75 Å². The lowest BCUT2D eigenvalue weighted by atomic mass is 9.94. The van der Waals surface area contributed by atoms with Crippen LogP contribution in [0.3, 0.4) is 0 Å². The fourth-order valence-electron chi connectivity index (χ4n) is 3.48. The minimum atomic E-state index is -1.74. The Labute approximate surface area is 195 Å². The Morgan fingerprint density at radius 3 is 2.42 bits per heavy atom. The monoisotopic (exact) mass is 464 g/mol. The third-order valence-electron chi connectivity index (χ3n) is 5.21. The van der Waals surface area contributed by atoms with Gasteiger partial charge in [0, 0.05) is 13.2 Å². The number of fused-ring (bicyclic) bond motifs is 1. The van der Waals surface area contributed by atoms with Gasteiger partial charge in [0.25, 0.3) is 11.8 Å². The molecule has 184 valence electrons. The molecule has 1 aliphatic rings. The highest BCUT2D eigenvalue weighted by atomic mass is 16.5. The van der Waals surface area contributed by atoms with Gasteiger partial charge in [0.15, 0.2) is 6.10 Å². The Hall–Kier alpha value is -2.46. The van der Waals surface area contributed by atoms with Crippen molar-refractivity contribution in [1.29, 1.82) is 0 Å². The predicted molar refractivity (Wildman–Crippen MR) is 124 cm³/mol. The minimum absolute atomic E-state index is 0.114. The molecule has 0 saturated carbocycles. The van der Waals surface area contributed by atoms with Crippen molar-refractivity contribution in [3.8, 4) is 5.75 Å². The molecule has 0 spiro atoms. The lowest BCUT2D eigenvalue weighted by Crippen LogP contribution is -2.57. The largest absolute Gasteiger partial charge is 0.489 e. The average molecular weight is 465 g/mol. The van der Waals surface area contributed by atoms with E-state index in [9.17, 15) is 24.9 Å². The number of anilines is 1. The Bertz CT molecular complexity index is 849. The summed E-state index contributed by atoms with van der Waals surface area (Å²) < 4.78 is 10.9. The number of carbonyl (C=O) groups is 2. The van der Waals surface area contributed by atoms with Crippen LogP contribution in [0.15, 0.2) is 36.4 Å². The Balaban J connectivity index is 2.16. The van der Waals surface area contributed by atoms with Gasteiger partial charge in [-0.2, -0.15) is 0 Å². The number of rotatable bonds is 8. The highest BCUT2D eigenvalue weighted by Gasteiger charge is 2.39. The van der Waals surface area contributed by atoms with Crippen molar-refractivity contribution in [2.24, 2.45) is 5.41 Å². The number of hydrogen-bond donors (Lipinski definition) is 4. The maximum Gasteiger partial charge on any atom is 0.253 e. The predicted octanol–water partition coefficient (Wildman–Crippen LogP) is 1.01.